The maximum absolute atomic E-state index is 2.42. The maximum Gasteiger partial charge on any atom is 0.0468 e. The molecule has 0 saturated carbocycles. The zero-order chi connectivity index (χ0) is 35.1. The Bertz CT molecular complexity index is 2500. The molecule has 0 amide bonds. The Balaban J connectivity index is 1.21. The Kier molecular flexibility index (Phi) is 7.90. The van der Waals surface area contributed by atoms with Gasteiger partial charge in [-0.1, -0.05) is 178 Å². The molecule has 1 aliphatic rings. The van der Waals surface area contributed by atoms with Crippen LogP contribution in [-0.2, 0) is 5.41 Å². The molecule has 8 aromatic carbocycles. The Morgan fingerprint density at radius 2 is 0.692 bits per heavy atom. The SMILES string of the molecule is CC1(C)c2ccccc2-c2ccc(N(c3ccc(-c4ccccc4)cc3)c3ccc(-c4ccccc4)c(-c4ccc(-c5ccccc5)cc4)c3)cc21. The van der Waals surface area contributed by atoms with E-state index in [1.807, 2.05) is 0 Å². The fourth-order valence-electron chi connectivity index (χ4n) is 7.96. The maximum atomic E-state index is 2.42. The van der Waals surface area contributed by atoms with Gasteiger partial charge >= 0.3 is 0 Å². The van der Waals surface area contributed by atoms with E-state index in [2.05, 4.69) is 219 Å². The minimum Gasteiger partial charge on any atom is -0.310 e. The van der Waals surface area contributed by atoms with E-state index >= 15 is 0 Å². The van der Waals surface area contributed by atoms with Crippen molar-refractivity contribution >= 4 is 17.1 Å². The first-order valence-corrected chi connectivity index (χ1v) is 18.1. The van der Waals surface area contributed by atoms with Gasteiger partial charge in [-0.05, 0) is 103 Å². The largest absolute Gasteiger partial charge is 0.310 e. The van der Waals surface area contributed by atoms with Crippen molar-refractivity contribution in [2.24, 2.45) is 0 Å². The van der Waals surface area contributed by atoms with Crippen LogP contribution in [0.15, 0.2) is 200 Å². The van der Waals surface area contributed by atoms with Crippen LogP contribution in [0.1, 0.15) is 25.0 Å². The molecule has 9 rings (SSSR count). The molecule has 0 fully saturated rings. The number of anilines is 3. The average Bonchev–Trinajstić information content (AvgIpc) is 3.44. The standard InChI is InChI=1S/C51H39N/c1-51(2)49-21-13-12-20-46(49)47-33-31-44(35-50(47)51)52(42-28-26-39(27-29-42)37-16-8-4-9-17-37)43-30-32-45(40-18-10-5-11-19-40)48(34-43)41-24-22-38(23-25-41)36-14-6-3-7-15-36/h3-35H,1-2H3. The van der Waals surface area contributed by atoms with Gasteiger partial charge in [0.2, 0.25) is 0 Å². The third kappa shape index (κ3) is 5.61. The number of fused-ring (bicyclic) bond motifs is 3. The lowest BCUT2D eigenvalue weighted by Gasteiger charge is -2.29. The number of benzene rings is 8. The van der Waals surface area contributed by atoms with Gasteiger partial charge < -0.3 is 4.90 Å². The van der Waals surface area contributed by atoms with Crippen molar-refractivity contribution < 1.29 is 0 Å². The third-order valence-corrected chi connectivity index (χ3v) is 10.7. The van der Waals surface area contributed by atoms with Crippen LogP contribution < -0.4 is 4.90 Å². The first kappa shape index (κ1) is 31.5. The summed E-state index contributed by atoms with van der Waals surface area (Å²) < 4.78 is 0. The zero-order valence-corrected chi connectivity index (χ0v) is 29.5. The minimum absolute atomic E-state index is 0.104. The van der Waals surface area contributed by atoms with Crippen LogP contribution in [0.4, 0.5) is 17.1 Å². The summed E-state index contributed by atoms with van der Waals surface area (Å²) in [7, 11) is 0. The van der Waals surface area contributed by atoms with Crippen LogP contribution in [-0.4, -0.2) is 0 Å². The zero-order valence-electron chi connectivity index (χ0n) is 29.5. The normalized spacial score (nSPS) is 12.6. The molecule has 0 aromatic heterocycles. The molecule has 0 N–H and O–H groups in total. The molecule has 0 radical (unpaired) electrons. The molecule has 8 aromatic rings. The molecule has 0 heterocycles. The third-order valence-electron chi connectivity index (χ3n) is 10.7. The van der Waals surface area contributed by atoms with E-state index in [1.54, 1.807) is 0 Å². The summed E-state index contributed by atoms with van der Waals surface area (Å²) in [6, 6.07) is 72.8. The average molecular weight is 666 g/mol. The first-order chi connectivity index (χ1) is 25.5. The summed E-state index contributed by atoms with van der Waals surface area (Å²) in [4.78, 5) is 2.42. The minimum atomic E-state index is -0.104. The topological polar surface area (TPSA) is 3.24 Å². The number of nitrogens with zero attached hydrogens (tertiary/aromatic N) is 1. The van der Waals surface area contributed by atoms with E-state index in [4.69, 9.17) is 0 Å². The molecule has 0 spiro atoms. The molecule has 52 heavy (non-hydrogen) atoms. The Labute approximate surface area is 307 Å². The van der Waals surface area contributed by atoms with Crippen molar-refractivity contribution in [2.45, 2.75) is 19.3 Å². The van der Waals surface area contributed by atoms with Gasteiger partial charge in [0.1, 0.15) is 0 Å². The second-order valence-electron chi connectivity index (χ2n) is 14.2. The van der Waals surface area contributed by atoms with E-state index in [0.717, 1.165) is 17.1 Å². The molecule has 0 saturated heterocycles. The van der Waals surface area contributed by atoms with Gasteiger partial charge in [-0.25, -0.2) is 0 Å². The molecule has 1 nitrogen and oxygen atoms in total. The van der Waals surface area contributed by atoms with Crippen molar-refractivity contribution in [2.75, 3.05) is 4.90 Å². The highest BCUT2D eigenvalue weighted by Gasteiger charge is 2.35. The van der Waals surface area contributed by atoms with Crippen LogP contribution in [0.25, 0.3) is 55.6 Å². The van der Waals surface area contributed by atoms with Gasteiger partial charge in [0, 0.05) is 22.5 Å². The van der Waals surface area contributed by atoms with E-state index < -0.39 is 0 Å². The molecule has 1 aliphatic carbocycles. The molecule has 0 bridgehead atoms. The van der Waals surface area contributed by atoms with E-state index in [1.165, 1.54) is 66.8 Å². The predicted octanol–water partition coefficient (Wildman–Crippen LogP) is 14.1. The van der Waals surface area contributed by atoms with E-state index in [0.29, 0.717) is 0 Å². The summed E-state index contributed by atoms with van der Waals surface area (Å²) in [6.07, 6.45) is 0. The monoisotopic (exact) mass is 665 g/mol. The highest BCUT2D eigenvalue weighted by molar-refractivity contribution is 5.91. The van der Waals surface area contributed by atoms with Crippen LogP contribution >= 0.6 is 0 Å². The lowest BCUT2D eigenvalue weighted by atomic mass is 9.82. The lowest BCUT2D eigenvalue weighted by molar-refractivity contribution is 0.660. The van der Waals surface area contributed by atoms with Crippen LogP contribution in [0.2, 0.25) is 0 Å². The first-order valence-electron chi connectivity index (χ1n) is 18.1. The summed E-state index contributed by atoms with van der Waals surface area (Å²) in [5, 5.41) is 0. The smallest absolute Gasteiger partial charge is 0.0468 e. The van der Waals surface area contributed by atoms with Crippen molar-refractivity contribution in [3.63, 3.8) is 0 Å². The van der Waals surface area contributed by atoms with Crippen molar-refractivity contribution in [3.8, 4) is 55.6 Å². The quantitative estimate of drug-likeness (QED) is 0.164. The van der Waals surface area contributed by atoms with E-state index in [-0.39, 0.29) is 5.41 Å². The van der Waals surface area contributed by atoms with E-state index in [9.17, 15) is 0 Å². The molecular weight excluding hydrogens is 627 g/mol. The van der Waals surface area contributed by atoms with Crippen LogP contribution in [0, 0.1) is 0 Å². The van der Waals surface area contributed by atoms with Crippen molar-refractivity contribution in [3.05, 3.63) is 211 Å². The number of hydrogen-bond donors (Lipinski definition) is 0. The Morgan fingerprint density at radius 3 is 1.31 bits per heavy atom. The van der Waals surface area contributed by atoms with Gasteiger partial charge in [-0.2, -0.15) is 0 Å². The summed E-state index contributed by atoms with van der Waals surface area (Å²) in [6.45, 7) is 4.71. The van der Waals surface area contributed by atoms with Gasteiger partial charge in [-0.15, -0.1) is 0 Å². The molecule has 1 heteroatoms. The second kappa shape index (κ2) is 13.0. The molecule has 248 valence electrons. The summed E-state index contributed by atoms with van der Waals surface area (Å²) in [5.41, 5.74) is 18.3. The van der Waals surface area contributed by atoms with Gasteiger partial charge in [0.25, 0.3) is 0 Å². The van der Waals surface area contributed by atoms with Crippen molar-refractivity contribution in [1.29, 1.82) is 0 Å². The Hall–Kier alpha value is -6.44. The lowest BCUT2D eigenvalue weighted by Crippen LogP contribution is -2.16. The molecule has 0 atom stereocenters. The fraction of sp³-hybridized carbons (Fsp3) is 0.0588. The fourth-order valence-corrected chi connectivity index (χ4v) is 7.96. The highest BCUT2D eigenvalue weighted by Crippen LogP contribution is 2.51. The summed E-state index contributed by atoms with van der Waals surface area (Å²) in [5.74, 6) is 0. The predicted molar refractivity (Wildman–Crippen MR) is 220 cm³/mol. The molecule has 0 unspecified atom stereocenters. The summed E-state index contributed by atoms with van der Waals surface area (Å²) >= 11 is 0. The van der Waals surface area contributed by atoms with Gasteiger partial charge in [0.05, 0.1) is 0 Å². The molecular formula is C51H39N. The van der Waals surface area contributed by atoms with Crippen molar-refractivity contribution in [1.82, 2.24) is 0 Å². The van der Waals surface area contributed by atoms with Crippen LogP contribution in [0.3, 0.4) is 0 Å². The molecule has 0 aliphatic heterocycles. The Morgan fingerprint density at radius 1 is 0.288 bits per heavy atom. The van der Waals surface area contributed by atoms with Gasteiger partial charge in [-0.3, -0.25) is 0 Å². The number of rotatable bonds is 7. The van der Waals surface area contributed by atoms with Gasteiger partial charge in [0.15, 0.2) is 0 Å². The highest BCUT2D eigenvalue weighted by atomic mass is 15.1. The number of hydrogen-bond acceptors (Lipinski definition) is 1. The second-order valence-corrected chi connectivity index (χ2v) is 14.2. The van der Waals surface area contributed by atoms with Crippen LogP contribution in [0.5, 0.6) is 0 Å².